The molecule has 0 fully saturated rings. The van der Waals surface area contributed by atoms with Crippen molar-refractivity contribution in [2.24, 2.45) is 0 Å². The van der Waals surface area contributed by atoms with Gasteiger partial charge < -0.3 is 10.1 Å². The van der Waals surface area contributed by atoms with Crippen molar-refractivity contribution in [3.63, 3.8) is 0 Å². The van der Waals surface area contributed by atoms with Crippen LogP contribution in [0.4, 0.5) is 11.4 Å². The van der Waals surface area contributed by atoms with Gasteiger partial charge in [-0.3, -0.25) is 9.10 Å². The van der Waals surface area contributed by atoms with Crippen LogP contribution >= 0.6 is 0 Å². The van der Waals surface area contributed by atoms with E-state index in [1.54, 1.807) is 66.7 Å². The number of hydrogen-bond acceptors (Lipinski definition) is 4. The van der Waals surface area contributed by atoms with Gasteiger partial charge in [0.25, 0.3) is 15.9 Å². The van der Waals surface area contributed by atoms with Crippen LogP contribution in [0.1, 0.15) is 24.2 Å². The molecule has 0 heterocycles. The smallest absolute Gasteiger partial charge is 0.264 e. The summed E-state index contributed by atoms with van der Waals surface area (Å²) in [6.07, 6.45) is -0.0237. The lowest BCUT2D eigenvalue weighted by Gasteiger charge is -2.20. The number of anilines is 2. The van der Waals surface area contributed by atoms with Gasteiger partial charge in [0.2, 0.25) is 0 Å². The lowest BCUT2D eigenvalue weighted by atomic mass is 10.2. The molecule has 7 heteroatoms. The van der Waals surface area contributed by atoms with Crippen LogP contribution in [0.2, 0.25) is 0 Å². The van der Waals surface area contributed by atoms with Gasteiger partial charge in [-0.05, 0) is 62.4 Å². The Morgan fingerprint density at radius 1 is 0.900 bits per heavy atom. The number of para-hydroxylation sites is 2. The van der Waals surface area contributed by atoms with Gasteiger partial charge in [0, 0.05) is 12.6 Å². The van der Waals surface area contributed by atoms with Crippen molar-refractivity contribution >= 4 is 27.3 Å². The number of hydrogen-bond donors (Lipinski definition) is 1. The second-order valence-corrected chi connectivity index (χ2v) is 8.92. The van der Waals surface area contributed by atoms with Crippen molar-refractivity contribution in [3.05, 3.63) is 84.4 Å². The molecule has 0 aromatic heterocycles. The number of ether oxygens (including phenoxy) is 1. The minimum atomic E-state index is -3.67. The monoisotopic (exact) mass is 424 g/mol. The second-order valence-electron chi connectivity index (χ2n) is 6.95. The first kappa shape index (κ1) is 21.4. The quantitative estimate of drug-likeness (QED) is 0.604. The highest BCUT2D eigenvalue weighted by molar-refractivity contribution is 7.92. The van der Waals surface area contributed by atoms with Crippen molar-refractivity contribution in [1.82, 2.24) is 0 Å². The molecule has 1 amide bonds. The van der Waals surface area contributed by atoms with E-state index in [9.17, 15) is 13.2 Å². The first-order valence-corrected chi connectivity index (χ1v) is 10.9. The molecule has 0 unspecified atom stereocenters. The maximum absolute atomic E-state index is 12.8. The van der Waals surface area contributed by atoms with Crippen molar-refractivity contribution < 1.29 is 17.9 Å². The van der Waals surface area contributed by atoms with Crippen molar-refractivity contribution in [1.29, 1.82) is 0 Å². The SMILES string of the molecule is CC(C)Oc1ccccc1NC(=O)c1ccc(N(C)S(=O)(=O)c2ccccc2)cc1. The molecule has 0 spiro atoms. The summed E-state index contributed by atoms with van der Waals surface area (Å²) in [6.45, 7) is 3.83. The highest BCUT2D eigenvalue weighted by atomic mass is 32.2. The molecule has 0 bridgehead atoms. The second kappa shape index (κ2) is 9.00. The molecular formula is C23H24N2O4S. The Hall–Kier alpha value is -3.32. The molecule has 0 aliphatic heterocycles. The maximum atomic E-state index is 12.8. The van der Waals surface area contributed by atoms with Gasteiger partial charge >= 0.3 is 0 Å². The van der Waals surface area contributed by atoms with Gasteiger partial charge in [0.1, 0.15) is 5.75 Å². The van der Waals surface area contributed by atoms with Crippen LogP contribution < -0.4 is 14.4 Å². The summed E-state index contributed by atoms with van der Waals surface area (Å²) in [4.78, 5) is 12.9. The lowest BCUT2D eigenvalue weighted by molar-refractivity contribution is 0.102. The molecule has 0 saturated heterocycles. The molecule has 0 radical (unpaired) electrons. The Bertz CT molecular complexity index is 1110. The summed E-state index contributed by atoms with van der Waals surface area (Å²) in [5.74, 6) is 0.279. The number of rotatable bonds is 7. The zero-order valence-electron chi connectivity index (χ0n) is 17.1. The Morgan fingerprint density at radius 2 is 1.50 bits per heavy atom. The zero-order chi connectivity index (χ0) is 21.7. The van der Waals surface area contributed by atoms with Gasteiger partial charge in [0.15, 0.2) is 0 Å². The number of nitrogens with zero attached hydrogens (tertiary/aromatic N) is 1. The number of sulfonamides is 1. The molecule has 0 saturated carbocycles. The third-order valence-corrected chi connectivity index (χ3v) is 6.19. The summed E-state index contributed by atoms with van der Waals surface area (Å²) < 4.78 is 32.4. The van der Waals surface area contributed by atoms with E-state index in [-0.39, 0.29) is 16.9 Å². The Kier molecular flexibility index (Phi) is 6.42. The van der Waals surface area contributed by atoms with Crippen LogP contribution in [0.5, 0.6) is 5.75 Å². The fourth-order valence-electron chi connectivity index (χ4n) is 2.83. The molecule has 6 nitrogen and oxygen atoms in total. The van der Waals surface area contributed by atoms with Gasteiger partial charge in [-0.2, -0.15) is 0 Å². The maximum Gasteiger partial charge on any atom is 0.264 e. The van der Waals surface area contributed by atoms with E-state index >= 15 is 0 Å². The average Bonchev–Trinajstić information content (AvgIpc) is 2.75. The summed E-state index contributed by atoms with van der Waals surface area (Å²) in [5.41, 5.74) is 1.44. The van der Waals surface area contributed by atoms with Gasteiger partial charge in [-0.15, -0.1) is 0 Å². The van der Waals surface area contributed by atoms with Gasteiger partial charge in [-0.1, -0.05) is 30.3 Å². The van der Waals surface area contributed by atoms with E-state index in [2.05, 4.69) is 5.32 Å². The third kappa shape index (κ3) is 4.80. The predicted molar refractivity (Wildman–Crippen MR) is 119 cm³/mol. The Labute approximate surface area is 177 Å². The van der Waals surface area contributed by atoms with E-state index in [1.165, 1.54) is 11.4 Å². The van der Waals surface area contributed by atoms with Crippen LogP contribution in [0.3, 0.4) is 0 Å². The first-order chi connectivity index (χ1) is 14.3. The fraction of sp³-hybridized carbons (Fsp3) is 0.174. The highest BCUT2D eigenvalue weighted by Crippen LogP contribution is 2.26. The van der Waals surface area contributed by atoms with Crippen LogP contribution in [-0.2, 0) is 10.0 Å². The average molecular weight is 425 g/mol. The Morgan fingerprint density at radius 3 is 2.13 bits per heavy atom. The van der Waals surface area contributed by atoms with E-state index in [4.69, 9.17) is 4.74 Å². The summed E-state index contributed by atoms with van der Waals surface area (Å²) in [7, 11) is -2.19. The normalized spacial score (nSPS) is 11.2. The summed E-state index contributed by atoms with van der Waals surface area (Å²) in [6, 6.07) is 21.8. The van der Waals surface area contributed by atoms with Crippen LogP contribution in [0, 0.1) is 0 Å². The van der Waals surface area contributed by atoms with Crippen LogP contribution in [0.15, 0.2) is 83.8 Å². The molecule has 0 aliphatic carbocycles. The zero-order valence-corrected chi connectivity index (χ0v) is 17.9. The number of amides is 1. The van der Waals surface area contributed by atoms with Crippen molar-refractivity contribution in [2.75, 3.05) is 16.7 Å². The van der Waals surface area contributed by atoms with E-state index in [0.717, 1.165) is 0 Å². The molecule has 3 rings (SSSR count). The van der Waals surface area contributed by atoms with Crippen LogP contribution in [-0.4, -0.2) is 27.5 Å². The first-order valence-electron chi connectivity index (χ1n) is 9.50. The van der Waals surface area contributed by atoms with Crippen LogP contribution in [0.25, 0.3) is 0 Å². The van der Waals surface area contributed by atoms with E-state index in [1.807, 2.05) is 26.0 Å². The van der Waals surface area contributed by atoms with Crippen molar-refractivity contribution in [2.45, 2.75) is 24.8 Å². The number of carbonyl (C=O) groups excluding carboxylic acids is 1. The molecular weight excluding hydrogens is 400 g/mol. The minimum absolute atomic E-state index is 0.0237. The predicted octanol–water partition coefficient (Wildman–Crippen LogP) is 4.55. The number of benzene rings is 3. The van der Waals surface area contributed by atoms with E-state index < -0.39 is 10.0 Å². The number of carbonyl (C=O) groups is 1. The summed E-state index contributed by atoms with van der Waals surface area (Å²) >= 11 is 0. The highest BCUT2D eigenvalue weighted by Gasteiger charge is 2.21. The molecule has 30 heavy (non-hydrogen) atoms. The lowest BCUT2D eigenvalue weighted by Crippen LogP contribution is -2.26. The molecule has 1 N–H and O–H groups in total. The molecule has 3 aromatic carbocycles. The number of nitrogens with one attached hydrogen (secondary N) is 1. The Balaban J connectivity index is 1.77. The molecule has 156 valence electrons. The fourth-order valence-corrected chi connectivity index (χ4v) is 4.05. The van der Waals surface area contributed by atoms with Gasteiger partial charge in [0.05, 0.1) is 22.4 Å². The topological polar surface area (TPSA) is 75.7 Å². The molecule has 0 atom stereocenters. The minimum Gasteiger partial charge on any atom is -0.489 e. The van der Waals surface area contributed by atoms with Gasteiger partial charge in [-0.25, -0.2) is 8.42 Å². The standard InChI is InChI=1S/C23H24N2O4S/c1-17(2)29-22-12-8-7-11-21(22)24-23(26)18-13-15-19(16-14-18)25(3)30(27,28)20-9-5-4-6-10-20/h4-17H,1-3H3,(H,24,26). The molecule has 3 aromatic rings. The third-order valence-electron chi connectivity index (χ3n) is 4.39. The van der Waals surface area contributed by atoms with E-state index in [0.29, 0.717) is 22.7 Å². The molecule has 0 aliphatic rings. The largest absolute Gasteiger partial charge is 0.489 e. The van der Waals surface area contributed by atoms with Crippen molar-refractivity contribution in [3.8, 4) is 5.75 Å². The summed E-state index contributed by atoms with van der Waals surface area (Å²) in [5, 5.41) is 2.84.